The van der Waals surface area contributed by atoms with Crippen molar-refractivity contribution in [3.05, 3.63) is 70.7 Å². The van der Waals surface area contributed by atoms with E-state index in [0.29, 0.717) is 11.4 Å². The van der Waals surface area contributed by atoms with Gasteiger partial charge >= 0.3 is 51.4 Å². The third-order valence-electron chi connectivity index (χ3n) is 4.05. The minimum atomic E-state index is -1.42. The maximum atomic E-state index is 12.8. The summed E-state index contributed by atoms with van der Waals surface area (Å²) in [5.41, 5.74) is 1.67. The number of carboxylic acid groups (broad SMARTS) is 1. The average Bonchev–Trinajstić information content (AvgIpc) is 2.60. The Bertz CT molecular complexity index is 737. The van der Waals surface area contributed by atoms with Crippen molar-refractivity contribution in [2.45, 2.75) is 37.8 Å². The van der Waals surface area contributed by atoms with Crippen LogP contribution in [0.5, 0.6) is 0 Å². The van der Waals surface area contributed by atoms with E-state index in [0.717, 1.165) is 11.1 Å². The average molecular weight is 414 g/mol. The van der Waals surface area contributed by atoms with Crippen LogP contribution in [-0.4, -0.2) is 29.1 Å². The van der Waals surface area contributed by atoms with Crippen LogP contribution in [0.1, 0.15) is 30.4 Å². The van der Waals surface area contributed by atoms with Crippen molar-refractivity contribution in [1.82, 2.24) is 5.32 Å². The zero-order valence-electron chi connectivity index (χ0n) is 15.4. The first-order chi connectivity index (χ1) is 12.4. The number of halogens is 1. The van der Waals surface area contributed by atoms with Crippen molar-refractivity contribution in [3.63, 3.8) is 0 Å². The Kier molecular flexibility index (Phi) is 10.8. The first-order valence-corrected chi connectivity index (χ1v) is 8.73. The van der Waals surface area contributed by atoms with Crippen molar-refractivity contribution in [3.8, 4) is 0 Å². The minimum absolute atomic E-state index is 0. The summed E-state index contributed by atoms with van der Waals surface area (Å²) in [4.78, 5) is 24.1. The monoisotopic (exact) mass is 413 g/mol. The predicted octanol–water partition coefficient (Wildman–Crippen LogP) is -1.32. The number of carbonyl (C=O) groups is 2. The summed E-state index contributed by atoms with van der Waals surface area (Å²) in [6.45, 7) is 1.46. The Labute approximate surface area is 206 Å². The Balaban J connectivity index is 0.00000364. The van der Waals surface area contributed by atoms with E-state index in [-0.39, 0.29) is 57.8 Å². The van der Waals surface area contributed by atoms with Gasteiger partial charge in [0, 0.05) is 5.02 Å². The molecule has 138 valence electrons. The number of hydrogen-bond donors (Lipinski definition) is 2. The molecule has 0 aromatic heterocycles. The molecule has 0 aliphatic rings. The second-order valence-electron chi connectivity index (χ2n) is 6.26. The topological polar surface area (TPSA) is 89.5 Å². The number of amides is 1. The van der Waals surface area contributed by atoms with Crippen molar-refractivity contribution in [2.24, 2.45) is 0 Å². The van der Waals surface area contributed by atoms with Crippen LogP contribution < -0.4 is 61.8 Å². The largest absolute Gasteiger partial charge is 1.00 e. The zero-order chi connectivity index (χ0) is 19.1. The van der Waals surface area contributed by atoms with Gasteiger partial charge in [0.1, 0.15) is 0 Å². The van der Waals surface area contributed by atoms with Gasteiger partial charge in [0.2, 0.25) is 5.91 Å². The van der Waals surface area contributed by atoms with Gasteiger partial charge < -0.3 is 20.3 Å². The standard InChI is InChI=1S/C20H22ClNO4.K/c1-13(23)11-18(20(25)26)22-19(24)17(12-14-5-3-2-4-6-14)15-7-9-16(21)10-8-15;/h2-10,13,17-18,23H,11-12H2,1H3,(H,22,24)(H,25,26);/q;+1/p-1. The number of aliphatic hydroxyl groups is 1. The van der Waals surface area contributed by atoms with E-state index in [1.54, 1.807) is 24.3 Å². The van der Waals surface area contributed by atoms with Crippen LogP contribution in [0.15, 0.2) is 54.6 Å². The number of aliphatic carboxylic acids is 1. The van der Waals surface area contributed by atoms with E-state index >= 15 is 0 Å². The first kappa shape index (κ1) is 24.3. The second kappa shape index (κ2) is 12.0. The molecule has 7 heteroatoms. The number of rotatable bonds is 8. The number of nitrogens with one attached hydrogen (secondary N) is 1. The molecule has 2 N–H and O–H groups in total. The summed E-state index contributed by atoms with van der Waals surface area (Å²) in [5.74, 6) is -2.45. The molecular formula is C20H21ClKNO4. The molecule has 0 aliphatic carbocycles. The van der Waals surface area contributed by atoms with Crippen LogP contribution in [0.25, 0.3) is 0 Å². The van der Waals surface area contributed by atoms with Gasteiger partial charge in [-0.25, -0.2) is 0 Å². The summed E-state index contributed by atoms with van der Waals surface area (Å²) in [6.07, 6.45) is -0.587. The van der Waals surface area contributed by atoms with E-state index in [1.807, 2.05) is 30.3 Å². The number of carboxylic acids is 1. The van der Waals surface area contributed by atoms with E-state index in [2.05, 4.69) is 5.32 Å². The van der Waals surface area contributed by atoms with Gasteiger partial charge in [0.25, 0.3) is 0 Å². The normalized spacial score (nSPS) is 13.7. The fourth-order valence-corrected chi connectivity index (χ4v) is 2.86. The molecule has 0 heterocycles. The maximum Gasteiger partial charge on any atom is 1.00 e. The molecule has 3 unspecified atom stereocenters. The Morgan fingerprint density at radius 2 is 1.70 bits per heavy atom. The smallest absolute Gasteiger partial charge is 0.548 e. The van der Waals surface area contributed by atoms with Crippen LogP contribution >= 0.6 is 11.6 Å². The van der Waals surface area contributed by atoms with Crippen LogP contribution in [0, 0.1) is 0 Å². The van der Waals surface area contributed by atoms with Crippen LogP contribution in [-0.2, 0) is 16.0 Å². The van der Waals surface area contributed by atoms with Gasteiger partial charge in [-0.3, -0.25) is 4.79 Å². The third-order valence-corrected chi connectivity index (χ3v) is 4.30. The summed E-state index contributed by atoms with van der Waals surface area (Å²) < 4.78 is 0. The fraction of sp³-hybridized carbons (Fsp3) is 0.300. The third kappa shape index (κ3) is 8.03. The van der Waals surface area contributed by atoms with Gasteiger partial charge in [0.05, 0.1) is 24.0 Å². The van der Waals surface area contributed by atoms with E-state index in [4.69, 9.17) is 11.6 Å². The molecule has 27 heavy (non-hydrogen) atoms. The summed E-state index contributed by atoms with van der Waals surface area (Å²) in [7, 11) is 0. The van der Waals surface area contributed by atoms with Gasteiger partial charge in [-0.2, -0.15) is 0 Å². The molecule has 0 radical (unpaired) electrons. The quantitative estimate of drug-likeness (QED) is 0.525. The van der Waals surface area contributed by atoms with Crippen molar-refractivity contribution in [2.75, 3.05) is 0 Å². The van der Waals surface area contributed by atoms with Gasteiger partial charge in [-0.1, -0.05) is 54.1 Å². The van der Waals surface area contributed by atoms with E-state index in [9.17, 15) is 19.8 Å². The fourth-order valence-electron chi connectivity index (χ4n) is 2.73. The van der Waals surface area contributed by atoms with Gasteiger partial charge in [-0.15, -0.1) is 0 Å². The molecule has 0 saturated heterocycles. The maximum absolute atomic E-state index is 12.8. The number of carbonyl (C=O) groups excluding carboxylic acids is 2. The van der Waals surface area contributed by atoms with Gasteiger partial charge in [-0.05, 0) is 43.0 Å². The summed E-state index contributed by atoms with van der Waals surface area (Å²) >= 11 is 5.92. The zero-order valence-corrected chi connectivity index (χ0v) is 19.3. The molecule has 0 spiro atoms. The number of benzene rings is 2. The molecule has 2 aromatic rings. The Morgan fingerprint density at radius 3 is 2.22 bits per heavy atom. The second-order valence-corrected chi connectivity index (χ2v) is 6.70. The van der Waals surface area contributed by atoms with Crippen molar-refractivity contribution >= 4 is 23.5 Å². The molecule has 1 amide bonds. The van der Waals surface area contributed by atoms with E-state index < -0.39 is 29.9 Å². The van der Waals surface area contributed by atoms with E-state index in [1.165, 1.54) is 6.92 Å². The SMILES string of the molecule is CC(O)CC(NC(=O)C(Cc1ccccc1)c1ccc(Cl)cc1)C(=O)[O-].[K+]. The van der Waals surface area contributed by atoms with Crippen LogP contribution in [0.2, 0.25) is 5.02 Å². The predicted molar refractivity (Wildman–Crippen MR) is 97.6 cm³/mol. The molecule has 0 fully saturated rings. The van der Waals surface area contributed by atoms with Crippen LogP contribution in [0.4, 0.5) is 0 Å². The Morgan fingerprint density at radius 1 is 1.11 bits per heavy atom. The summed E-state index contributed by atoms with van der Waals surface area (Å²) in [6, 6.07) is 15.1. The first-order valence-electron chi connectivity index (χ1n) is 8.35. The van der Waals surface area contributed by atoms with Gasteiger partial charge in [0.15, 0.2) is 0 Å². The molecule has 5 nitrogen and oxygen atoms in total. The molecule has 0 bridgehead atoms. The van der Waals surface area contributed by atoms with Crippen LogP contribution in [0.3, 0.4) is 0 Å². The Hall–Kier alpha value is -0.734. The number of aliphatic hydroxyl groups excluding tert-OH is 1. The van der Waals surface area contributed by atoms with Crippen molar-refractivity contribution in [1.29, 1.82) is 0 Å². The minimum Gasteiger partial charge on any atom is -0.548 e. The molecule has 2 aromatic carbocycles. The molecule has 2 rings (SSSR count). The molecule has 0 saturated carbocycles. The molecule has 0 aliphatic heterocycles. The molecular weight excluding hydrogens is 393 g/mol. The number of hydrogen-bond acceptors (Lipinski definition) is 4. The summed E-state index contributed by atoms with van der Waals surface area (Å²) in [5, 5.41) is 23.8. The molecule has 3 atom stereocenters. The van der Waals surface area contributed by atoms with Crippen molar-refractivity contribution < 1.29 is 71.2 Å².